The first-order chi connectivity index (χ1) is 23.7. The fraction of sp³-hybridized carbons (Fsp3) is 0.884. The van der Waals surface area contributed by atoms with Crippen molar-refractivity contribution in [2.24, 2.45) is 11.8 Å². The Bertz CT molecular complexity index is 930. The summed E-state index contributed by atoms with van der Waals surface area (Å²) >= 11 is -6.77. The van der Waals surface area contributed by atoms with Crippen LogP contribution in [0.2, 0.25) is 0 Å². The molecular formula is C43H82O6Ti. The van der Waals surface area contributed by atoms with Gasteiger partial charge in [0.1, 0.15) is 0 Å². The first-order valence-corrected chi connectivity index (χ1v) is 24.7. The predicted octanol–water partition coefficient (Wildman–Crippen LogP) is 13.7. The Morgan fingerprint density at radius 3 is 0.980 bits per heavy atom. The van der Waals surface area contributed by atoms with Gasteiger partial charge in [0.05, 0.1) is 0 Å². The van der Waals surface area contributed by atoms with Gasteiger partial charge >= 0.3 is 235 Å². The van der Waals surface area contributed by atoms with Crippen LogP contribution in [0.3, 0.4) is 0 Å². The third kappa shape index (κ3) is 23.6. The van der Waals surface area contributed by atoms with Gasteiger partial charge in [0.25, 0.3) is 0 Å². The fourth-order valence-corrected chi connectivity index (χ4v) is 12.1. The summed E-state index contributed by atoms with van der Waals surface area (Å²) in [5, 5.41) is 0. The Labute approximate surface area is 311 Å². The molecule has 0 N–H and O–H groups in total. The second-order valence-corrected chi connectivity index (χ2v) is 22.0. The van der Waals surface area contributed by atoms with Gasteiger partial charge in [0, 0.05) is 0 Å². The number of carbonyl (C=O) groups excluding carboxylic acids is 3. The Balaban J connectivity index is 4.69. The molecule has 0 saturated heterocycles. The van der Waals surface area contributed by atoms with Gasteiger partial charge in [-0.2, -0.15) is 0 Å². The zero-order chi connectivity index (χ0) is 37.7. The molecule has 0 aliphatic heterocycles. The molecule has 0 radical (unpaired) electrons. The summed E-state index contributed by atoms with van der Waals surface area (Å²) in [6.45, 7) is 17.4. The van der Waals surface area contributed by atoms with Crippen molar-refractivity contribution in [3.05, 3.63) is 12.2 Å². The molecule has 0 saturated carbocycles. The minimum absolute atomic E-state index is 0.0124. The van der Waals surface area contributed by atoms with Gasteiger partial charge in [0.2, 0.25) is 0 Å². The normalized spacial score (nSPS) is 12.3. The predicted molar refractivity (Wildman–Crippen MR) is 207 cm³/mol. The third-order valence-electron chi connectivity index (χ3n) is 9.91. The summed E-state index contributed by atoms with van der Waals surface area (Å²) in [7, 11) is 0. The first kappa shape index (κ1) is 49.0. The molecule has 7 heteroatoms. The van der Waals surface area contributed by atoms with Gasteiger partial charge in [-0.15, -0.1) is 0 Å². The number of unbranched alkanes of at least 4 members (excludes halogenated alkanes) is 22. The maximum atomic E-state index is 14.7. The van der Waals surface area contributed by atoms with Crippen LogP contribution in [-0.4, -0.2) is 20.2 Å². The van der Waals surface area contributed by atoms with Crippen molar-refractivity contribution >= 4 is 14.1 Å². The zero-order valence-electron chi connectivity index (χ0n) is 34.2. The van der Waals surface area contributed by atoms with Crippen LogP contribution in [0.5, 0.6) is 0 Å². The molecule has 0 aliphatic carbocycles. The van der Waals surface area contributed by atoms with E-state index in [1.165, 1.54) is 122 Å². The molecule has 0 aliphatic rings. The maximum absolute atomic E-state index is 14.7. The van der Waals surface area contributed by atoms with E-state index in [0.29, 0.717) is 12.8 Å². The summed E-state index contributed by atoms with van der Waals surface area (Å²) in [6, 6.07) is 0. The smallest absolute Gasteiger partial charge is 0.0628 e. The molecule has 0 aromatic rings. The number of rotatable bonds is 36. The van der Waals surface area contributed by atoms with Crippen molar-refractivity contribution in [3.63, 3.8) is 0 Å². The van der Waals surface area contributed by atoms with Crippen LogP contribution in [-0.2, 0) is 40.4 Å². The van der Waals surface area contributed by atoms with Gasteiger partial charge in [0.15, 0.2) is 0 Å². The van der Waals surface area contributed by atoms with E-state index in [0.717, 1.165) is 50.4 Å². The summed E-state index contributed by atoms with van der Waals surface area (Å²) in [4.78, 5) is 40.2. The second-order valence-electron chi connectivity index (χ2n) is 16.5. The van der Waals surface area contributed by atoms with Crippen LogP contribution < -0.4 is 0 Å². The van der Waals surface area contributed by atoms with E-state index < -0.39 is 36.3 Å². The van der Waals surface area contributed by atoms with Crippen LogP contribution in [0.15, 0.2) is 12.2 Å². The Hall–Kier alpha value is -0.976. The molecule has 0 fully saturated rings. The molecule has 0 aromatic carbocycles. The van der Waals surface area contributed by atoms with Crippen molar-refractivity contribution in [2.75, 3.05) is 0 Å². The van der Waals surface area contributed by atoms with Crippen molar-refractivity contribution in [1.82, 2.24) is 0 Å². The van der Waals surface area contributed by atoms with Crippen molar-refractivity contribution in [1.29, 1.82) is 0 Å². The SMILES string of the molecule is C=C(C)C(=O)[O][Ti](=[O])([O]C(C)C)([C](=O)CCCCCCCCCCCCCCC(C)C)[C](=O)CCCCCCCCCCCCCCC(C)C. The molecule has 6 nitrogen and oxygen atoms in total. The molecule has 0 rings (SSSR count). The van der Waals surface area contributed by atoms with Crippen molar-refractivity contribution in [3.8, 4) is 0 Å². The van der Waals surface area contributed by atoms with Crippen LogP contribution in [0.4, 0.5) is 0 Å². The molecule has 50 heavy (non-hydrogen) atoms. The van der Waals surface area contributed by atoms with E-state index in [9.17, 15) is 17.7 Å². The van der Waals surface area contributed by atoms with Gasteiger partial charge in [-0.1, -0.05) is 66.2 Å². The second kappa shape index (κ2) is 29.5. The van der Waals surface area contributed by atoms with Crippen molar-refractivity contribution in [2.45, 2.75) is 234 Å². The van der Waals surface area contributed by atoms with Gasteiger partial charge in [-0.25, -0.2) is 0 Å². The van der Waals surface area contributed by atoms with E-state index in [-0.39, 0.29) is 18.4 Å². The average molecular weight is 743 g/mol. The molecule has 294 valence electrons. The molecule has 0 aromatic heterocycles. The minimum Gasteiger partial charge on any atom is -0.0628 e. The minimum atomic E-state index is -6.77. The van der Waals surface area contributed by atoms with Crippen molar-refractivity contribution < 1.29 is 40.4 Å². The van der Waals surface area contributed by atoms with Crippen LogP contribution in [0.1, 0.15) is 228 Å². The summed E-state index contributed by atoms with van der Waals surface area (Å²) in [6.07, 6.45) is 29.3. The van der Waals surface area contributed by atoms with E-state index in [1.54, 1.807) is 13.8 Å². The quantitative estimate of drug-likeness (QED) is 0.0361. The molecule has 0 heterocycles. The standard InChI is InChI=1S/2C18H35O.C4H6O2.C3H7O.O.Ti/c2*1-18(2)16-14-12-10-8-6-4-3-5-7-9-11-13-15-17-19;1-3(2)4(5)6;1-3(2)4;;/h2*18H,3-16H2,1-2H3;1H2,2H3,(H,5,6);3H,1-2H3;;/q;;;-1;;+2/p-1. The summed E-state index contributed by atoms with van der Waals surface area (Å²) in [5.74, 6) is 0.622. The van der Waals surface area contributed by atoms with Crippen LogP contribution in [0, 0.1) is 11.8 Å². The van der Waals surface area contributed by atoms with Gasteiger partial charge in [-0.05, 0) is 11.8 Å². The number of hydrogen-bond acceptors (Lipinski definition) is 6. The average Bonchev–Trinajstić information content (AvgIpc) is 3.04. The number of hydrogen-bond donors (Lipinski definition) is 0. The Morgan fingerprint density at radius 1 is 0.480 bits per heavy atom. The van der Waals surface area contributed by atoms with Gasteiger partial charge < -0.3 is 0 Å². The molecule has 0 unspecified atom stereocenters. The molecule has 0 amide bonds. The first-order valence-electron chi connectivity index (χ1n) is 21.3. The Morgan fingerprint density at radius 2 is 0.740 bits per heavy atom. The van der Waals surface area contributed by atoms with E-state index in [1.807, 2.05) is 0 Å². The van der Waals surface area contributed by atoms with E-state index in [2.05, 4.69) is 34.3 Å². The Kier molecular flexibility index (Phi) is 28.9. The zero-order valence-corrected chi connectivity index (χ0v) is 35.7. The van der Waals surface area contributed by atoms with Crippen LogP contribution in [0.25, 0.3) is 0 Å². The third-order valence-corrected chi connectivity index (χ3v) is 16.0. The summed E-state index contributed by atoms with van der Waals surface area (Å²) in [5.41, 5.74) is -0.0124. The molecule has 0 atom stereocenters. The van der Waals surface area contributed by atoms with Gasteiger partial charge in [-0.3, -0.25) is 0 Å². The fourth-order valence-electron chi connectivity index (χ4n) is 6.75. The number of carbonyl (C=O) groups is 3. The van der Waals surface area contributed by atoms with E-state index >= 15 is 0 Å². The molecule has 0 bridgehead atoms. The molecule has 0 spiro atoms. The summed E-state index contributed by atoms with van der Waals surface area (Å²) < 4.78 is 24.3. The van der Waals surface area contributed by atoms with Crippen LogP contribution >= 0.6 is 0 Å². The van der Waals surface area contributed by atoms with E-state index in [4.69, 9.17) is 6.64 Å². The molecular weight excluding hydrogens is 660 g/mol. The topological polar surface area (TPSA) is 86.7 Å². The monoisotopic (exact) mass is 743 g/mol.